The van der Waals surface area contributed by atoms with E-state index in [4.69, 9.17) is 4.74 Å². The van der Waals surface area contributed by atoms with Crippen molar-refractivity contribution in [3.63, 3.8) is 0 Å². The second-order valence-electron chi connectivity index (χ2n) is 4.13. The Morgan fingerprint density at radius 3 is 2.78 bits per heavy atom. The molecule has 0 saturated heterocycles. The SMILES string of the molecule is Cc1cc(Br)ccc1OCC(=O)c1cccn1C. The lowest BCUT2D eigenvalue weighted by molar-refractivity contribution is 0.0913. The fourth-order valence-electron chi connectivity index (χ4n) is 1.74. The molecule has 0 aliphatic heterocycles. The highest BCUT2D eigenvalue weighted by Gasteiger charge is 2.10. The zero-order chi connectivity index (χ0) is 13.1. The van der Waals surface area contributed by atoms with Gasteiger partial charge in [-0.3, -0.25) is 4.79 Å². The first-order valence-corrected chi connectivity index (χ1v) is 6.40. The minimum atomic E-state index is -0.0233. The van der Waals surface area contributed by atoms with E-state index in [2.05, 4.69) is 15.9 Å². The standard InChI is InChI=1S/C14H14BrNO2/c1-10-8-11(15)5-6-14(10)18-9-13(17)12-4-3-7-16(12)2/h3-8H,9H2,1-2H3. The molecule has 0 aliphatic carbocycles. The van der Waals surface area contributed by atoms with E-state index >= 15 is 0 Å². The normalized spacial score (nSPS) is 10.4. The van der Waals surface area contributed by atoms with Gasteiger partial charge in [-0.15, -0.1) is 0 Å². The summed E-state index contributed by atoms with van der Waals surface area (Å²) in [5, 5.41) is 0. The minimum Gasteiger partial charge on any atom is -0.485 e. The molecular weight excluding hydrogens is 294 g/mol. The lowest BCUT2D eigenvalue weighted by atomic mass is 10.2. The van der Waals surface area contributed by atoms with E-state index in [-0.39, 0.29) is 12.4 Å². The van der Waals surface area contributed by atoms with Gasteiger partial charge in [0.25, 0.3) is 0 Å². The van der Waals surface area contributed by atoms with Gasteiger partial charge in [0, 0.05) is 17.7 Å². The number of aryl methyl sites for hydroxylation is 2. The monoisotopic (exact) mass is 307 g/mol. The minimum absolute atomic E-state index is 0.0233. The summed E-state index contributed by atoms with van der Waals surface area (Å²) in [5.74, 6) is 0.713. The Labute approximate surface area is 115 Å². The van der Waals surface area contributed by atoms with Crippen molar-refractivity contribution in [3.05, 3.63) is 52.3 Å². The van der Waals surface area contributed by atoms with Crippen LogP contribution in [0.3, 0.4) is 0 Å². The third kappa shape index (κ3) is 2.82. The van der Waals surface area contributed by atoms with E-state index < -0.39 is 0 Å². The van der Waals surface area contributed by atoms with Crippen LogP contribution in [-0.2, 0) is 7.05 Å². The molecule has 4 heteroatoms. The van der Waals surface area contributed by atoms with Crippen LogP contribution < -0.4 is 4.74 Å². The maximum Gasteiger partial charge on any atom is 0.216 e. The van der Waals surface area contributed by atoms with Crippen LogP contribution in [0.1, 0.15) is 16.1 Å². The molecule has 3 nitrogen and oxygen atoms in total. The summed E-state index contributed by atoms with van der Waals surface area (Å²) in [6, 6.07) is 9.35. The van der Waals surface area contributed by atoms with Crippen LogP contribution in [0.15, 0.2) is 41.0 Å². The average Bonchev–Trinajstić information content (AvgIpc) is 2.74. The smallest absolute Gasteiger partial charge is 0.216 e. The molecule has 0 radical (unpaired) electrons. The van der Waals surface area contributed by atoms with Gasteiger partial charge in [0.1, 0.15) is 5.75 Å². The number of carbonyl (C=O) groups excluding carboxylic acids is 1. The van der Waals surface area contributed by atoms with Crippen LogP contribution in [0.5, 0.6) is 5.75 Å². The topological polar surface area (TPSA) is 31.2 Å². The van der Waals surface area contributed by atoms with E-state index in [1.165, 1.54) is 0 Å². The van der Waals surface area contributed by atoms with Crippen molar-refractivity contribution in [1.29, 1.82) is 0 Å². The Hall–Kier alpha value is -1.55. The maximum absolute atomic E-state index is 11.9. The molecular formula is C14H14BrNO2. The summed E-state index contributed by atoms with van der Waals surface area (Å²) in [6.07, 6.45) is 1.85. The van der Waals surface area contributed by atoms with Gasteiger partial charge in [-0.05, 0) is 42.8 Å². The molecule has 18 heavy (non-hydrogen) atoms. The van der Waals surface area contributed by atoms with E-state index in [0.29, 0.717) is 5.69 Å². The summed E-state index contributed by atoms with van der Waals surface area (Å²) in [7, 11) is 1.85. The molecule has 1 aromatic heterocycles. The van der Waals surface area contributed by atoms with Crippen LogP contribution in [0.2, 0.25) is 0 Å². The number of ketones is 1. The summed E-state index contributed by atoms with van der Waals surface area (Å²) in [6.45, 7) is 2.01. The van der Waals surface area contributed by atoms with Crippen molar-refractivity contribution < 1.29 is 9.53 Å². The number of nitrogens with zero attached hydrogens (tertiary/aromatic N) is 1. The first-order valence-electron chi connectivity index (χ1n) is 5.61. The Balaban J connectivity index is 2.04. The van der Waals surface area contributed by atoms with Gasteiger partial charge in [0.2, 0.25) is 5.78 Å². The van der Waals surface area contributed by atoms with Crippen LogP contribution >= 0.6 is 15.9 Å². The predicted octanol–water partition coefficient (Wildman–Crippen LogP) is 3.36. The molecule has 0 aliphatic rings. The molecule has 2 aromatic rings. The van der Waals surface area contributed by atoms with Crippen molar-refractivity contribution in [3.8, 4) is 5.75 Å². The third-order valence-corrected chi connectivity index (χ3v) is 3.22. The van der Waals surface area contributed by atoms with E-state index in [0.717, 1.165) is 15.8 Å². The van der Waals surface area contributed by atoms with Crippen LogP contribution in [0.4, 0.5) is 0 Å². The maximum atomic E-state index is 11.9. The fourth-order valence-corrected chi connectivity index (χ4v) is 2.22. The van der Waals surface area contributed by atoms with Gasteiger partial charge in [0.05, 0.1) is 5.69 Å². The van der Waals surface area contributed by atoms with Gasteiger partial charge in [-0.2, -0.15) is 0 Å². The van der Waals surface area contributed by atoms with Crippen LogP contribution in [-0.4, -0.2) is 17.0 Å². The molecule has 94 valence electrons. The molecule has 1 heterocycles. The van der Waals surface area contributed by atoms with Gasteiger partial charge < -0.3 is 9.30 Å². The van der Waals surface area contributed by atoms with Crippen molar-refractivity contribution >= 4 is 21.7 Å². The number of ether oxygens (including phenoxy) is 1. The van der Waals surface area contributed by atoms with E-state index in [1.54, 1.807) is 10.6 Å². The zero-order valence-corrected chi connectivity index (χ0v) is 11.9. The number of carbonyl (C=O) groups is 1. The molecule has 0 atom stereocenters. The van der Waals surface area contributed by atoms with Gasteiger partial charge in [-0.1, -0.05) is 15.9 Å². The summed E-state index contributed by atoms with van der Waals surface area (Å²) in [4.78, 5) is 11.9. The summed E-state index contributed by atoms with van der Waals surface area (Å²) >= 11 is 3.39. The van der Waals surface area contributed by atoms with Crippen molar-refractivity contribution in [2.24, 2.45) is 7.05 Å². The molecule has 0 spiro atoms. The zero-order valence-electron chi connectivity index (χ0n) is 10.3. The predicted molar refractivity (Wildman–Crippen MR) is 74.1 cm³/mol. The Kier molecular flexibility index (Phi) is 3.87. The average molecular weight is 308 g/mol. The molecule has 0 amide bonds. The van der Waals surface area contributed by atoms with Gasteiger partial charge in [-0.25, -0.2) is 0 Å². The van der Waals surface area contributed by atoms with Crippen molar-refractivity contribution in [2.75, 3.05) is 6.61 Å². The largest absolute Gasteiger partial charge is 0.485 e. The Morgan fingerprint density at radius 1 is 1.39 bits per heavy atom. The first kappa shape index (κ1) is 12.9. The number of Topliss-reactive ketones (excluding diaryl/α,β-unsaturated/α-hetero) is 1. The second-order valence-corrected chi connectivity index (χ2v) is 5.04. The fraction of sp³-hybridized carbons (Fsp3) is 0.214. The van der Waals surface area contributed by atoms with Crippen LogP contribution in [0.25, 0.3) is 0 Å². The highest BCUT2D eigenvalue weighted by Crippen LogP contribution is 2.22. The molecule has 2 rings (SSSR count). The van der Waals surface area contributed by atoms with Crippen molar-refractivity contribution in [2.45, 2.75) is 6.92 Å². The van der Waals surface area contributed by atoms with Crippen molar-refractivity contribution in [1.82, 2.24) is 4.57 Å². The number of benzene rings is 1. The molecule has 1 aromatic carbocycles. The molecule has 0 saturated carbocycles. The lowest BCUT2D eigenvalue weighted by Crippen LogP contribution is -2.15. The first-order chi connectivity index (χ1) is 8.58. The van der Waals surface area contributed by atoms with E-state index in [1.807, 2.05) is 44.4 Å². The highest BCUT2D eigenvalue weighted by atomic mass is 79.9. The number of hydrogen-bond acceptors (Lipinski definition) is 2. The molecule has 0 bridgehead atoms. The van der Waals surface area contributed by atoms with E-state index in [9.17, 15) is 4.79 Å². The summed E-state index contributed by atoms with van der Waals surface area (Å²) < 4.78 is 8.34. The molecule has 0 N–H and O–H groups in total. The Morgan fingerprint density at radius 2 is 2.17 bits per heavy atom. The highest BCUT2D eigenvalue weighted by molar-refractivity contribution is 9.10. The summed E-state index contributed by atoms with van der Waals surface area (Å²) in [5.41, 5.74) is 1.66. The van der Waals surface area contributed by atoms with Gasteiger partial charge >= 0.3 is 0 Å². The number of aromatic nitrogens is 1. The second kappa shape index (κ2) is 5.40. The number of hydrogen-bond donors (Lipinski definition) is 0. The Bertz CT molecular complexity index is 575. The third-order valence-electron chi connectivity index (χ3n) is 2.73. The number of rotatable bonds is 4. The quantitative estimate of drug-likeness (QED) is 0.811. The van der Waals surface area contributed by atoms with Gasteiger partial charge in [0.15, 0.2) is 6.61 Å². The lowest BCUT2D eigenvalue weighted by Gasteiger charge is -2.09. The van der Waals surface area contributed by atoms with Crippen LogP contribution in [0, 0.1) is 6.92 Å². The molecule has 0 unspecified atom stereocenters. The molecule has 0 fully saturated rings. The number of halogens is 1.